The first-order valence-electron chi connectivity index (χ1n) is 13.5. The van der Waals surface area contributed by atoms with Gasteiger partial charge in [-0.25, -0.2) is 4.98 Å². The molecule has 0 bridgehead atoms. The Morgan fingerprint density at radius 2 is 1.76 bits per heavy atom. The van der Waals surface area contributed by atoms with Crippen molar-refractivity contribution in [1.82, 2.24) is 19.8 Å². The molecule has 2 aromatic rings. The maximum absolute atomic E-state index is 9.16. The second-order valence-electron chi connectivity index (χ2n) is 9.25. The van der Waals surface area contributed by atoms with Crippen LogP contribution in [0.4, 0.5) is 0 Å². The lowest BCUT2D eigenvalue weighted by Gasteiger charge is -2.34. The Hall–Kier alpha value is -2.99. The normalized spacial score (nSPS) is 15.8. The van der Waals surface area contributed by atoms with Crippen LogP contribution in [0, 0.1) is 0 Å². The third-order valence-corrected chi connectivity index (χ3v) is 6.40. The first kappa shape index (κ1) is 30.2. The van der Waals surface area contributed by atoms with Crippen LogP contribution in [0.2, 0.25) is 0 Å². The number of hydrogen-bond acceptors (Lipinski definition) is 4. The van der Waals surface area contributed by atoms with E-state index in [4.69, 9.17) is 5.11 Å². The topological polar surface area (TPSA) is 55.4 Å². The number of aromatic nitrogens is 2. The smallest absolute Gasteiger partial charge is 0.137 e. The summed E-state index contributed by atoms with van der Waals surface area (Å²) in [5, 5.41) is 10.2. The predicted octanol–water partition coefficient (Wildman–Crippen LogP) is 6.64. The number of β-amino-alcohol motifs (C(OH)–C–C–N with tert-alkyl or cyclic N) is 1. The summed E-state index contributed by atoms with van der Waals surface area (Å²) in [5.41, 5.74) is 7.83. The highest BCUT2D eigenvalue weighted by Crippen LogP contribution is 2.29. The Balaban J connectivity index is 0.00000235. The van der Waals surface area contributed by atoms with Crippen LogP contribution in [0.15, 0.2) is 79.2 Å². The number of aromatic amines is 1. The molecule has 5 heteroatoms. The summed E-state index contributed by atoms with van der Waals surface area (Å²) in [6.45, 7) is 24.5. The highest BCUT2D eigenvalue weighted by molar-refractivity contribution is 5.95. The first-order valence-corrected chi connectivity index (χ1v) is 13.5. The first-order chi connectivity index (χ1) is 18.0. The maximum Gasteiger partial charge on any atom is 0.137 e. The van der Waals surface area contributed by atoms with E-state index in [0.29, 0.717) is 0 Å². The van der Waals surface area contributed by atoms with Crippen molar-refractivity contribution in [3.63, 3.8) is 0 Å². The lowest BCUT2D eigenvalue weighted by atomic mass is 10.00. The molecule has 2 aromatic heterocycles. The van der Waals surface area contributed by atoms with E-state index in [0.717, 1.165) is 79.0 Å². The van der Waals surface area contributed by atoms with Gasteiger partial charge in [-0.15, -0.1) is 0 Å². The molecule has 0 aromatic carbocycles. The van der Waals surface area contributed by atoms with Crippen molar-refractivity contribution in [1.29, 1.82) is 0 Å². The molecule has 37 heavy (non-hydrogen) atoms. The van der Waals surface area contributed by atoms with Crippen LogP contribution in [0.3, 0.4) is 0 Å². The third kappa shape index (κ3) is 8.81. The molecule has 0 spiro atoms. The maximum atomic E-state index is 9.16. The van der Waals surface area contributed by atoms with Gasteiger partial charge in [0.1, 0.15) is 5.65 Å². The zero-order valence-electron chi connectivity index (χ0n) is 23.6. The molecule has 3 rings (SSSR count). The van der Waals surface area contributed by atoms with Gasteiger partial charge in [0.2, 0.25) is 0 Å². The fourth-order valence-electron chi connectivity index (χ4n) is 4.43. The summed E-state index contributed by atoms with van der Waals surface area (Å²) in [4.78, 5) is 12.8. The Labute approximate surface area is 224 Å². The molecule has 1 aliphatic rings. The standard InChI is InChI=1S/C30H40N4O.C2H6/c1-6-9-26(18-23(4)5)29-21-32-30-28(29)19-27(20-31-30)25(8-3)11-10-24(7-2)22-34-14-12-33(13-15-34)16-17-35;1-2/h6,8-11,18-21,35H,1,3,7,12-17,22H2,2,4-5H3,(H,31,32);1-2H3/b24-10+,25-11+,26-9+;. The number of nitrogens with zero attached hydrogens (tertiary/aromatic N) is 3. The van der Waals surface area contributed by atoms with E-state index in [1.54, 1.807) is 0 Å². The molecule has 1 saturated heterocycles. The Morgan fingerprint density at radius 3 is 2.35 bits per heavy atom. The molecule has 0 saturated carbocycles. The number of rotatable bonds is 11. The average molecular weight is 503 g/mol. The van der Waals surface area contributed by atoms with Gasteiger partial charge in [-0.3, -0.25) is 9.80 Å². The van der Waals surface area contributed by atoms with Crippen molar-refractivity contribution in [2.24, 2.45) is 0 Å². The fourth-order valence-corrected chi connectivity index (χ4v) is 4.43. The van der Waals surface area contributed by atoms with Gasteiger partial charge < -0.3 is 10.1 Å². The number of piperazine rings is 1. The summed E-state index contributed by atoms with van der Waals surface area (Å²) >= 11 is 0. The van der Waals surface area contributed by atoms with Crippen LogP contribution < -0.4 is 0 Å². The second-order valence-corrected chi connectivity index (χ2v) is 9.25. The van der Waals surface area contributed by atoms with Gasteiger partial charge in [-0.05, 0) is 37.5 Å². The minimum atomic E-state index is 0.237. The van der Waals surface area contributed by atoms with Gasteiger partial charge in [0.25, 0.3) is 0 Å². The lowest BCUT2D eigenvalue weighted by Crippen LogP contribution is -2.47. The highest BCUT2D eigenvalue weighted by Gasteiger charge is 2.16. The van der Waals surface area contributed by atoms with E-state index in [2.05, 4.69) is 78.0 Å². The van der Waals surface area contributed by atoms with Gasteiger partial charge >= 0.3 is 0 Å². The quantitative estimate of drug-likeness (QED) is 0.338. The highest BCUT2D eigenvalue weighted by atomic mass is 16.3. The van der Waals surface area contributed by atoms with Crippen LogP contribution in [-0.2, 0) is 0 Å². The molecule has 0 atom stereocenters. The van der Waals surface area contributed by atoms with E-state index >= 15 is 0 Å². The Kier molecular flexibility index (Phi) is 13.1. The summed E-state index contributed by atoms with van der Waals surface area (Å²) in [6.07, 6.45) is 17.3. The predicted molar refractivity (Wildman–Crippen MR) is 162 cm³/mol. The van der Waals surface area contributed by atoms with Gasteiger partial charge in [0, 0.05) is 68.2 Å². The van der Waals surface area contributed by atoms with Crippen molar-refractivity contribution in [3.8, 4) is 0 Å². The minimum Gasteiger partial charge on any atom is -0.395 e. The number of aliphatic hydroxyl groups excluding tert-OH is 1. The minimum absolute atomic E-state index is 0.237. The number of H-pyrrole nitrogens is 1. The van der Waals surface area contributed by atoms with Crippen molar-refractivity contribution in [2.45, 2.75) is 41.0 Å². The Morgan fingerprint density at radius 1 is 1.05 bits per heavy atom. The van der Waals surface area contributed by atoms with Crippen LogP contribution in [-0.4, -0.2) is 70.7 Å². The summed E-state index contributed by atoms with van der Waals surface area (Å²) in [5.74, 6) is 0. The SMILES string of the molecule is C=C/C=C(\C=C(C)C)c1c[nH]c2ncc(/C(C=C)=C/C=C(\CC)CN3CCN(CCO)CC3)cc12.CC. The van der Waals surface area contributed by atoms with Crippen LogP contribution in [0.1, 0.15) is 52.2 Å². The number of hydrogen-bond donors (Lipinski definition) is 2. The second kappa shape index (κ2) is 16.0. The number of pyridine rings is 1. The molecule has 0 radical (unpaired) electrons. The Bertz CT molecular complexity index is 1140. The van der Waals surface area contributed by atoms with Gasteiger partial charge in [0.15, 0.2) is 0 Å². The molecule has 0 unspecified atom stereocenters. The summed E-state index contributed by atoms with van der Waals surface area (Å²) < 4.78 is 0. The van der Waals surface area contributed by atoms with Crippen molar-refractivity contribution in [2.75, 3.05) is 45.9 Å². The zero-order valence-corrected chi connectivity index (χ0v) is 23.6. The summed E-state index contributed by atoms with van der Waals surface area (Å²) in [7, 11) is 0. The zero-order chi connectivity index (χ0) is 27.2. The fraction of sp³-hybridized carbons (Fsp3) is 0.406. The largest absolute Gasteiger partial charge is 0.395 e. The molecule has 200 valence electrons. The van der Waals surface area contributed by atoms with Crippen LogP contribution >= 0.6 is 0 Å². The monoisotopic (exact) mass is 502 g/mol. The van der Waals surface area contributed by atoms with Gasteiger partial charge in [-0.2, -0.15) is 0 Å². The van der Waals surface area contributed by atoms with Gasteiger partial charge in [0.05, 0.1) is 6.61 Å². The van der Waals surface area contributed by atoms with E-state index in [1.165, 1.54) is 11.1 Å². The van der Waals surface area contributed by atoms with Crippen LogP contribution in [0.25, 0.3) is 22.2 Å². The third-order valence-electron chi connectivity index (χ3n) is 6.40. The van der Waals surface area contributed by atoms with Crippen molar-refractivity contribution in [3.05, 3.63) is 90.3 Å². The molecular formula is C32H46N4O. The van der Waals surface area contributed by atoms with Gasteiger partial charge in [-0.1, -0.05) is 81.5 Å². The van der Waals surface area contributed by atoms with Crippen molar-refractivity contribution >= 4 is 22.2 Å². The number of allylic oxidation sites excluding steroid dienone is 9. The van der Waals surface area contributed by atoms with Crippen LogP contribution in [0.5, 0.6) is 0 Å². The van der Waals surface area contributed by atoms with E-state index in [-0.39, 0.29) is 6.61 Å². The molecule has 2 N–H and O–H groups in total. The van der Waals surface area contributed by atoms with E-state index in [1.807, 2.05) is 44.5 Å². The number of aliphatic hydroxyl groups is 1. The molecule has 0 aliphatic carbocycles. The average Bonchev–Trinajstić information content (AvgIpc) is 3.33. The molecule has 1 fully saturated rings. The van der Waals surface area contributed by atoms with E-state index in [9.17, 15) is 0 Å². The number of nitrogens with one attached hydrogen (secondary N) is 1. The molecule has 0 amide bonds. The van der Waals surface area contributed by atoms with Crippen molar-refractivity contribution < 1.29 is 5.11 Å². The lowest BCUT2D eigenvalue weighted by molar-refractivity contribution is 0.118. The molecule has 1 aliphatic heterocycles. The molecular weight excluding hydrogens is 456 g/mol. The molecule has 3 heterocycles. The summed E-state index contributed by atoms with van der Waals surface area (Å²) in [6, 6.07) is 2.19. The van der Waals surface area contributed by atoms with E-state index < -0.39 is 0 Å². The molecule has 5 nitrogen and oxygen atoms in total. The number of fused-ring (bicyclic) bond motifs is 1.